The number of rotatable bonds is 4. The molecule has 3 nitrogen and oxygen atoms in total. The minimum absolute atomic E-state index is 0.0688. The van der Waals surface area contributed by atoms with E-state index < -0.39 is 11.7 Å². The molecule has 0 saturated heterocycles. The number of aliphatic imine (C=N–C) groups is 1. The topological polar surface area (TPSA) is 33.6 Å². The van der Waals surface area contributed by atoms with Gasteiger partial charge in [-0.1, -0.05) is 17.7 Å². The van der Waals surface area contributed by atoms with Gasteiger partial charge in [-0.2, -0.15) is 13.2 Å². The summed E-state index contributed by atoms with van der Waals surface area (Å²) in [5, 5.41) is 3.44. The Morgan fingerprint density at radius 3 is 2.62 bits per heavy atom. The minimum atomic E-state index is -4.42. The highest BCUT2D eigenvalue weighted by molar-refractivity contribution is 6.32. The number of anilines is 1. The number of hydrogen-bond donors (Lipinski definition) is 1. The quantitative estimate of drug-likeness (QED) is 0.784. The Kier molecular flexibility index (Phi) is 4.49. The average molecular weight is 353 g/mol. The van der Waals surface area contributed by atoms with Gasteiger partial charge >= 0.3 is 6.18 Å². The maximum Gasteiger partial charge on any atom is 0.416 e. The summed E-state index contributed by atoms with van der Waals surface area (Å²) < 4.78 is 43.7. The fraction of sp³-hybridized carbons (Fsp3) is 0.118. The van der Waals surface area contributed by atoms with Crippen molar-refractivity contribution in [2.75, 3.05) is 11.9 Å². The molecular formula is C17H12ClF3N2O. The molecule has 0 atom stereocenters. The zero-order valence-electron chi connectivity index (χ0n) is 12.3. The van der Waals surface area contributed by atoms with Gasteiger partial charge in [0, 0.05) is 17.6 Å². The zero-order valence-corrected chi connectivity index (χ0v) is 13.0. The summed E-state index contributed by atoms with van der Waals surface area (Å²) in [5.74, 6) is 0.345. The highest BCUT2D eigenvalue weighted by atomic mass is 35.5. The number of benzene rings is 2. The van der Waals surface area contributed by atoms with Crippen LogP contribution in [0.1, 0.15) is 5.56 Å². The van der Waals surface area contributed by atoms with Crippen molar-refractivity contribution >= 4 is 23.5 Å². The van der Waals surface area contributed by atoms with E-state index in [2.05, 4.69) is 10.3 Å². The van der Waals surface area contributed by atoms with Crippen LogP contribution in [0.25, 0.3) is 0 Å². The lowest BCUT2D eigenvalue weighted by Crippen LogP contribution is -2.04. The first-order valence-electron chi connectivity index (χ1n) is 7.02. The third-order valence-electron chi connectivity index (χ3n) is 3.27. The molecule has 0 bridgehead atoms. The summed E-state index contributed by atoms with van der Waals surface area (Å²) >= 11 is 6.16. The van der Waals surface area contributed by atoms with E-state index in [1.807, 2.05) is 6.08 Å². The van der Waals surface area contributed by atoms with Gasteiger partial charge in [0.05, 0.1) is 17.1 Å². The molecule has 1 aliphatic heterocycles. The van der Waals surface area contributed by atoms with Gasteiger partial charge in [-0.05, 0) is 42.5 Å². The third kappa shape index (κ3) is 3.89. The molecule has 2 aromatic carbocycles. The van der Waals surface area contributed by atoms with Crippen LogP contribution >= 0.6 is 11.6 Å². The standard InChI is InChI=1S/C17H12ClF3N2O/c18-15-9-12(23-13-6-7-22-10-13)4-5-16(15)24-14-3-1-2-11(8-14)17(19,20)21/h1-9,23H,10H2. The molecule has 0 aromatic heterocycles. The first-order valence-corrected chi connectivity index (χ1v) is 7.40. The molecule has 0 amide bonds. The van der Waals surface area contributed by atoms with Gasteiger partial charge < -0.3 is 10.1 Å². The summed E-state index contributed by atoms with van der Waals surface area (Å²) in [4.78, 5) is 4.06. The molecule has 1 N–H and O–H groups in total. The van der Waals surface area contributed by atoms with Crippen LogP contribution in [0, 0.1) is 0 Å². The largest absolute Gasteiger partial charge is 0.456 e. The summed E-state index contributed by atoms with van der Waals surface area (Å²) in [7, 11) is 0. The van der Waals surface area contributed by atoms with Gasteiger partial charge in [-0.25, -0.2) is 0 Å². The average Bonchev–Trinajstić information content (AvgIpc) is 3.02. The molecular weight excluding hydrogens is 341 g/mol. The van der Waals surface area contributed by atoms with E-state index in [1.165, 1.54) is 12.1 Å². The predicted molar refractivity (Wildman–Crippen MR) is 88.0 cm³/mol. The minimum Gasteiger partial charge on any atom is -0.456 e. The second-order valence-corrected chi connectivity index (χ2v) is 5.49. The molecule has 7 heteroatoms. The molecule has 1 aliphatic rings. The SMILES string of the molecule is FC(F)(F)c1cccc(Oc2ccc(NC3=CC=NC3)cc2Cl)c1. The molecule has 0 unspecified atom stereocenters. The second kappa shape index (κ2) is 6.57. The van der Waals surface area contributed by atoms with Gasteiger partial charge in [0.25, 0.3) is 0 Å². The second-order valence-electron chi connectivity index (χ2n) is 5.08. The molecule has 0 spiro atoms. The fourth-order valence-corrected chi connectivity index (χ4v) is 2.36. The molecule has 0 fully saturated rings. The van der Waals surface area contributed by atoms with Crippen LogP contribution in [0.4, 0.5) is 18.9 Å². The number of alkyl halides is 3. The first-order chi connectivity index (χ1) is 11.4. The van der Waals surface area contributed by atoms with Crippen LogP contribution in [0.5, 0.6) is 11.5 Å². The molecule has 3 rings (SSSR count). The number of ether oxygens (including phenoxy) is 1. The van der Waals surface area contributed by atoms with Crippen molar-refractivity contribution in [2.24, 2.45) is 4.99 Å². The van der Waals surface area contributed by atoms with Crippen molar-refractivity contribution in [3.05, 3.63) is 64.8 Å². The van der Waals surface area contributed by atoms with Gasteiger partial charge in [0.1, 0.15) is 11.5 Å². The zero-order chi connectivity index (χ0) is 17.2. The van der Waals surface area contributed by atoms with Crippen molar-refractivity contribution in [3.63, 3.8) is 0 Å². The van der Waals surface area contributed by atoms with Gasteiger partial charge in [0.2, 0.25) is 0 Å². The summed E-state index contributed by atoms with van der Waals surface area (Å²) in [6.07, 6.45) is -0.871. The molecule has 0 aliphatic carbocycles. The van der Waals surface area contributed by atoms with Crippen LogP contribution in [-0.4, -0.2) is 12.8 Å². The van der Waals surface area contributed by atoms with E-state index in [0.29, 0.717) is 6.54 Å². The Balaban J connectivity index is 1.76. The van der Waals surface area contributed by atoms with E-state index in [4.69, 9.17) is 16.3 Å². The monoisotopic (exact) mass is 352 g/mol. The molecule has 2 aromatic rings. The predicted octanol–water partition coefficient (Wildman–Crippen LogP) is 5.53. The number of allylic oxidation sites excluding steroid dienone is 1. The Morgan fingerprint density at radius 2 is 1.96 bits per heavy atom. The van der Waals surface area contributed by atoms with Crippen LogP contribution in [0.15, 0.2) is 59.2 Å². The Bertz CT molecular complexity index is 816. The van der Waals surface area contributed by atoms with Crippen molar-refractivity contribution in [1.29, 1.82) is 0 Å². The van der Waals surface area contributed by atoms with E-state index >= 15 is 0 Å². The third-order valence-corrected chi connectivity index (χ3v) is 3.56. The van der Waals surface area contributed by atoms with Crippen LogP contribution in [0.3, 0.4) is 0 Å². The Morgan fingerprint density at radius 1 is 1.12 bits per heavy atom. The maximum absolute atomic E-state index is 12.7. The van der Waals surface area contributed by atoms with Crippen molar-refractivity contribution < 1.29 is 17.9 Å². The van der Waals surface area contributed by atoms with Crippen LogP contribution in [0.2, 0.25) is 5.02 Å². The lowest BCUT2D eigenvalue weighted by Gasteiger charge is -2.12. The molecule has 0 radical (unpaired) electrons. The lowest BCUT2D eigenvalue weighted by atomic mass is 10.2. The molecule has 124 valence electrons. The summed E-state index contributed by atoms with van der Waals surface area (Å²) in [5.41, 5.74) is 0.897. The number of hydrogen-bond acceptors (Lipinski definition) is 3. The highest BCUT2D eigenvalue weighted by Gasteiger charge is 2.30. The summed E-state index contributed by atoms with van der Waals surface area (Å²) in [6.45, 7) is 0.570. The highest BCUT2D eigenvalue weighted by Crippen LogP contribution is 2.35. The maximum atomic E-state index is 12.7. The molecule has 24 heavy (non-hydrogen) atoms. The fourth-order valence-electron chi connectivity index (χ4n) is 2.14. The Hall–Kier alpha value is -2.47. The Labute approximate surface area is 141 Å². The van der Waals surface area contributed by atoms with Crippen LogP contribution < -0.4 is 10.1 Å². The van der Waals surface area contributed by atoms with E-state index in [0.717, 1.165) is 23.5 Å². The number of nitrogens with one attached hydrogen (secondary N) is 1. The van der Waals surface area contributed by atoms with Crippen molar-refractivity contribution in [3.8, 4) is 11.5 Å². The number of nitrogens with zero attached hydrogens (tertiary/aromatic N) is 1. The first kappa shape index (κ1) is 16.4. The van der Waals surface area contributed by atoms with Crippen molar-refractivity contribution in [2.45, 2.75) is 6.18 Å². The molecule has 0 saturated carbocycles. The van der Waals surface area contributed by atoms with E-state index in [9.17, 15) is 13.2 Å². The molecule has 1 heterocycles. The smallest absolute Gasteiger partial charge is 0.416 e. The number of halogens is 4. The van der Waals surface area contributed by atoms with Crippen LogP contribution in [-0.2, 0) is 6.18 Å². The van der Waals surface area contributed by atoms with Gasteiger partial charge in [-0.3, -0.25) is 4.99 Å². The normalized spacial score (nSPS) is 13.8. The van der Waals surface area contributed by atoms with E-state index in [-0.39, 0.29) is 16.5 Å². The van der Waals surface area contributed by atoms with Gasteiger partial charge in [0.15, 0.2) is 0 Å². The van der Waals surface area contributed by atoms with E-state index in [1.54, 1.807) is 24.4 Å². The van der Waals surface area contributed by atoms with Crippen molar-refractivity contribution in [1.82, 2.24) is 0 Å². The van der Waals surface area contributed by atoms with Gasteiger partial charge in [-0.15, -0.1) is 0 Å². The summed E-state index contributed by atoms with van der Waals surface area (Å²) in [6, 6.07) is 9.62. The lowest BCUT2D eigenvalue weighted by molar-refractivity contribution is -0.137.